The molecular weight excluding hydrogens is 178 g/mol. The van der Waals surface area contributed by atoms with E-state index in [1.807, 2.05) is 0 Å². The van der Waals surface area contributed by atoms with Crippen molar-refractivity contribution in [2.24, 2.45) is 5.92 Å². The summed E-state index contributed by atoms with van der Waals surface area (Å²) in [5, 5.41) is 0. The Labute approximate surface area is 86.6 Å². The Morgan fingerprint density at radius 1 is 1.54 bits per heavy atom. The lowest BCUT2D eigenvalue weighted by Gasteiger charge is -2.20. The van der Waals surface area contributed by atoms with Gasteiger partial charge in [0.15, 0.2) is 0 Å². The minimum atomic E-state index is 0.859. The normalized spacial score (nSPS) is 25.3. The van der Waals surface area contributed by atoms with E-state index >= 15 is 0 Å². The molecule has 76 valence electrons. The van der Waals surface area contributed by atoms with Crippen LogP contribution in [0.3, 0.4) is 0 Å². The number of allylic oxidation sites excluding steroid dienone is 1. The van der Waals surface area contributed by atoms with E-state index in [1.54, 1.807) is 0 Å². The van der Waals surface area contributed by atoms with Crippen molar-refractivity contribution in [3.05, 3.63) is 11.6 Å². The van der Waals surface area contributed by atoms with Gasteiger partial charge in [-0.15, -0.1) is 0 Å². The van der Waals surface area contributed by atoms with E-state index in [0.717, 1.165) is 12.5 Å². The van der Waals surface area contributed by atoms with Crippen LogP contribution in [-0.4, -0.2) is 36.0 Å². The summed E-state index contributed by atoms with van der Waals surface area (Å²) in [7, 11) is 0. The minimum absolute atomic E-state index is 0.859. The van der Waals surface area contributed by atoms with Crippen LogP contribution in [0.4, 0.5) is 0 Å². The maximum absolute atomic E-state index is 2.57. The molecule has 0 aromatic rings. The molecule has 0 aromatic heterocycles. The van der Waals surface area contributed by atoms with Gasteiger partial charge in [0.25, 0.3) is 0 Å². The molecule has 1 heterocycles. The van der Waals surface area contributed by atoms with Crippen LogP contribution in [0, 0.1) is 5.92 Å². The monoisotopic (exact) mass is 199 g/mol. The first-order chi connectivity index (χ1) is 6.18. The third-order valence-electron chi connectivity index (χ3n) is 2.28. The summed E-state index contributed by atoms with van der Waals surface area (Å²) >= 11 is 2.10. The van der Waals surface area contributed by atoms with Gasteiger partial charge in [0.2, 0.25) is 0 Å². The van der Waals surface area contributed by atoms with Crippen molar-refractivity contribution in [2.75, 3.05) is 31.1 Å². The highest BCUT2D eigenvalue weighted by atomic mass is 32.2. The zero-order valence-corrected chi connectivity index (χ0v) is 9.86. The first-order valence-corrected chi connectivity index (χ1v) is 6.27. The van der Waals surface area contributed by atoms with Gasteiger partial charge in [0.1, 0.15) is 0 Å². The van der Waals surface area contributed by atoms with Gasteiger partial charge in [0.05, 0.1) is 0 Å². The molecule has 0 amide bonds. The second kappa shape index (κ2) is 5.71. The van der Waals surface area contributed by atoms with E-state index in [-0.39, 0.29) is 0 Å². The molecule has 1 saturated heterocycles. The van der Waals surface area contributed by atoms with Crippen LogP contribution >= 0.6 is 11.8 Å². The first kappa shape index (κ1) is 11.1. The maximum atomic E-state index is 2.57. The summed E-state index contributed by atoms with van der Waals surface area (Å²) < 4.78 is 0. The van der Waals surface area contributed by atoms with Gasteiger partial charge in [-0.2, -0.15) is 11.8 Å². The highest BCUT2D eigenvalue weighted by Gasteiger charge is 2.13. The van der Waals surface area contributed by atoms with E-state index in [2.05, 4.69) is 43.5 Å². The van der Waals surface area contributed by atoms with Gasteiger partial charge in [-0.05, 0) is 25.5 Å². The summed E-state index contributed by atoms with van der Waals surface area (Å²) in [5.41, 5.74) is 1.43. The number of hydrogen-bond acceptors (Lipinski definition) is 2. The molecule has 1 atom stereocenters. The molecule has 0 aliphatic carbocycles. The van der Waals surface area contributed by atoms with Gasteiger partial charge in [-0.3, -0.25) is 4.90 Å². The lowest BCUT2D eigenvalue weighted by atomic mass is 10.2. The zero-order chi connectivity index (χ0) is 9.68. The highest BCUT2D eigenvalue weighted by molar-refractivity contribution is 7.99. The fourth-order valence-corrected chi connectivity index (χ4v) is 2.60. The lowest BCUT2D eigenvalue weighted by molar-refractivity contribution is 0.291. The average Bonchev–Trinajstić information content (AvgIpc) is 2.26. The molecule has 0 aromatic carbocycles. The van der Waals surface area contributed by atoms with Crippen LogP contribution in [0.2, 0.25) is 0 Å². The standard InChI is InChI=1S/C11H21NS/c1-10(2)4-5-12-6-7-13-9-11(3)8-12/h4,11H,5-9H2,1-3H3. The number of rotatable bonds is 2. The van der Waals surface area contributed by atoms with E-state index in [0.29, 0.717) is 0 Å². The van der Waals surface area contributed by atoms with Gasteiger partial charge in [-0.25, -0.2) is 0 Å². The van der Waals surface area contributed by atoms with Gasteiger partial charge in [0, 0.05) is 25.4 Å². The molecule has 1 rings (SSSR count). The predicted octanol–water partition coefficient (Wildman–Crippen LogP) is 2.64. The Kier molecular flexibility index (Phi) is 4.89. The Morgan fingerprint density at radius 3 is 3.00 bits per heavy atom. The molecule has 1 fully saturated rings. The predicted molar refractivity (Wildman–Crippen MR) is 62.4 cm³/mol. The molecule has 0 N–H and O–H groups in total. The van der Waals surface area contributed by atoms with Crippen molar-refractivity contribution in [1.82, 2.24) is 4.90 Å². The smallest absolute Gasteiger partial charge is 0.0166 e. The van der Waals surface area contributed by atoms with Crippen molar-refractivity contribution in [2.45, 2.75) is 20.8 Å². The van der Waals surface area contributed by atoms with Gasteiger partial charge >= 0.3 is 0 Å². The Hall–Kier alpha value is 0.0500. The molecule has 13 heavy (non-hydrogen) atoms. The Balaban J connectivity index is 2.35. The van der Waals surface area contributed by atoms with Crippen molar-refractivity contribution < 1.29 is 0 Å². The number of hydrogen-bond donors (Lipinski definition) is 0. The second-order valence-corrected chi connectivity index (χ2v) is 5.37. The molecule has 1 nitrogen and oxygen atoms in total. The van der Waals surface area contributed by atoms with Crippen molar-refractivity contribution in [3.63, 3.8) is 0 Å². The molecule has 0 bridgehead atoms. The summed E-state index contributed by atoms with van der Waals surface area (Å²) in [4.78, 5) is 2.57. The van der Waals surface area contributed by atoms with Crippen molar-refractivity contribution in [3.8, 4) is 0 Å². The minimum Gasteiger partial charge on any atom is -0.299 e. The lowest BCUT2D eigenvalue weighted by Crippen LogP contribution is -2.29. The highest BCUT2D eigenvalue weighted by Crippen LogP contribution is 2.15. The first-order valence-electron chi connectivity index (χ1n) is 5.12. The largest absolute Gasteiger partial charge is 0.299 e. The third-order valence-corrected chi connectivity index (χ3v) is 3.56. The summed E-state index contributed by atoms with van der Waals surface area (Å²) in [6, 6.07) is 0. The average molecular weight is 199 g/mol. The van der Waals surface area contributed by atoms with Crippen LogP contribution in [0.15, 0.2) is 11.6 Å². The fraction of sp³-hybridized carbons (Fsp3) is 0.818. The zero-order valence-electron chi connectivity index (χ0n) is 9.05. The molecular formula is C11H21NS. The van der Waals surface area contributed by atoms with E-state index in [9.17, 15) is 0 Å². The SMILES string of the molecule is CC(C)=CCN1CCSCC(C)C1. The van der Waals surface area contributed by atoms with Gasteiger partial charge < -0.3 is 0 Å². The van der Waals surface area contributed by atoms with Crippen molar-refractivity contribution >= 4 is 11.8 Å². The van der Waals surface area contributed by atoms with Crippen LogP contribution < -0.4 is 0 Å². The van der Waals surface area contributed by atoms with Gasteiger partial charge in [-0.1, -0.05) is 18.6 Å². The summed E-state index contributed by atoms with van der Waals surface area (Å²) in [6.45, 7) is 10.4. The van der Waals surface area contributed by atoms with E-state index in [1.165, 1.54) is 30.2 Å². The Morgan fingerprint density at radius 2 is 2.31 bits per heavy atom. The maximum Gasteiger partial charge on any atom is 0.0166 e. The van der Waals surface area contributed by atoms with Crippen LogP contribution in [-0.2, 0) is 0 Å². The Bertz CT molecular complexity index is 173. The topological polar surface area (TPSA) is 3.24 Å². The number of thioether (sulfide) groups is 1. The number of nitrogens with zero attached hydrogens (tertiary/aromatic N) is 1. The molecule has 0 saturated carbocycles. The van der Waals surface area contributed by atoms with Crippen LogP contribution in [0.25, 0.3) is 0 Å². The molecule has 0 radical (unpaired) electrons. The van der Waals surface area contributed by atoms with Crippen molar-refractivity contribution in [1.29, 1.82) is 0 Å². The quantitative estimate of drug-likeness (QED) is 0.629. The molecule has 1 aliphatic heterocycles. The summed E-state index contributed by atoms with van der Waals surface area (Å²) in [6.07, 6.45) is 2.34. The summed E-state index contributed by atoms with van der Waals surface area (Å²) in [5.74, 6) is 3.50. The molecule has 2 heteroatoms. The van der Waals surface area contributed by atoms with Crippen LogP contribution in [0.5, 0.6) is 0 Å². The molecule has 0 spiro atoms. The van der Waals surface area contributed by atoms with E-state index < -0.39 is 0 Å². The molecule has 1 unspecified atom stereocenters. The second-order valence-electron chi connectivity index (χ2n) is 4.22. The fourth-order valence-electron chi connectivity index (χ4n) is 1.54. The molecule has 1 aliphatic rings. The van der Waals surface area contributed by atoms with Crippen LogP contribution in [0.1, 0.15) is 20.8 Å². The van der Waals surface area contributed by atoms with E-state index in [4.69, 9.17) is 0 Å². The third kappa shape index (κ3) is 4.72.